The lowest BCUT2D eigenvalue weighted by Crippen LogP contribution is -2.33. The summed E-state index contributed by atoms with van der Waals surface area (Å²) in [7, 11) is 0. The Morgan fingerprint density at radius 3 is 2.85 bits per heavy atom. The second-order valence-electron chi connectivity index (χ2n) is 6.23. The van der Waals surface area contributed by atoms with Gasteiger partial charge in [-0.3, -0.25) is 9.69 Å². The van der Waals surface area contributed by atoms with E-state index in [1.165, 1.54) is 6.07 Å². The Kier molecular flexibility index (Phi) is 5.24. The van der Waals surface area contributed by atoms with Gasteiger partial charge in [-0.15, -0.1) is 0 Å². The normalized spacial score (nSPS) is 18.3. The summed E-state index contributed by atoms with van der Waals surface area (Å²) in [5.74, 6) is 0.296. The molecule has 0 radical (unpaired) electrons. The Morgan fingerprint density at radius 2 is 2.19 bits per heavy atom. The highest BCUT2D eigenvalue weighted by Gasteiger charge is 2.34. The number of hydrogen-bond acceptors (Lipinski definition) is 4. The van der Waals surface area contributed by atoms with Crippen LogP contribution >= 0.6 is 11.6 Å². The summed E-state index contributed by atoms with van der Waals surface area (Å²) >= 11 is 5.59. The molecule has 1 saturated heterocycles. The van der Waals surface area contributed by atoms with Gasteiger partial charge in [0.1, 0.15) is 11.5 Å². The third-order valence-corrected chi connectivity index (χ3v) is 4.58. The van der Waals surface area contributed by atoms with Crippen LogP contribution in [-0.2, 0) is 11.0 Å². The van der Waals surface area contributed by atoms with Gasteiger partial charge in [0.2, 0.25) is 5.91 Å². The Morgan fingerprint density at radius 1 is 1.42 bits per heavy atom. The average molecular weight is 388 g/mol. The van der Waals surface area contributed by atoms with Crippen LogP contribution in [0.25, 0.3) is 0 Å². The molecule has 1 aliphatic heterocycles. The summed E-state index contributed by atoms with van der Waals surface area (Å²) in [6.07, 6.45) is -2.83. The molecule has 0 spiro atoms. The standard InChI is InChI=1S/C17H17ClF3N3O2/c1-10-7-14(23-26-10)15-3-2-6-24(15)9-16(25)22-11-4-5-13(18)12(8-11)17(19,20)21/h4-5,7-8,15H,2-3,6,9H2,1H3,(H,22,25)/t15-/m0/s1. The number of carbonyl (C=O) groups excluding carboxylic acids is 1. The van der Waals surface area contributed by atoms with Crippen molar-refractivity contribution in [3.05, 3.63) is 46.3 Å². The number of likely N-dealkylation sites (tertiary alicyclic amines) is 1. The Balaban J connectivity index is 1.67. The minimum absolute atomic E-state index is 0.0332. The number of hydrogen-bond donors (Lipinski definition) is 1. The molecule has 3 rings (SSSR count). The van der Waals surface area contributed by atoms with Gasteiger partial charge in [-0.2, -0.15) is 13.2 Å². The van der Waals surface area contributed by atoms with Crippen LogP contribution in [0, 0.1) is 6.92 Å². The number of aromatic nitrogens is 1. The second-order valence-corrected chi connectivity index (χ2v) is 6.64. The molecular formula is C17H17ClF3N3O2. The monoisotopic (exact) mass is 387 g/mol. The molecule has 0 saturated carbocycles. The smallest absolute Gasteiger partial charge is 0.361 e. The number of amides is 1. The first-order valence-electron chi connectivity index (χ1n) is 8.08. The van der Waals surface area contributed by atoms with E-state index in [9.17, 15) is 18.0 Å². The molecule has 2 heterocycles. The van der Waals surface area contributed by atoms with Crippen molar-refractivity contribution in [2.75, 3.05) is 18.4 Å². The fourth-order valence-electron chi connectivity index (χ4n) is 3.10. The molecule has 1 amide bonds. The molecule has 26 heavy (non-hydrogen) atoms. The lowest BCUT2D eigenvalue weighted by Gasteiger charge is -2.22. The Hall–Kier alpha value is -2.06. The van der Waals surface area contributed by atoms with Gasteiger partial charge >= 0.3 is 6.18 Å². The van der Waals surface area contributed by atoms with Crippen molar-refractivity contribution < 1.29 is 22.5 Å². The van der Waals surface area contributed by atoms with Crippen molar-refractivity contribution in [2.24, 2.45) is 0 Å². The van der Waals surface area contributed by atoms with Crippen LogP contribution in [0.15, 0.2) is 28.8 Å². The molecule has 1 aromatic carbocycles. The van der Waals surface area contributed by atoms with Crippen LogP contribution < -0.4 is 5.32 Å². The molecular weight excluding hydrogens is 371 g/mol. The highest BCUT2D eigenvalue weighted by Crippen LogP contribution is 2.36. The van der Waals surface area contributed by atoms with Gasteiger partial charge in [0.05, 0.1) is 23.2 Å². The quantitative estimate of drug-likeness (QED) is 0.843. The molecule has 0 aliphatic carbocycles. The summed E-state index contributed by atoms with van der Waals surface area (Å²) in [5, 5.41) is 6.10. The summed E-state index contributed by atoms with van der Waals surface area (Å²) < 4.78 is 43.8. The first-order valence-corrected chi connectivity index (χ1v) is 8.45. The summed E-state index contributed by atoms with van der Waals surface area (Å²) in [6, 6.07) is 5.10. The van der Waals surface area contributed by atoms with E-state index in [-0.39, 0.29) is 18.3 Å². The number of nitrogens with one attached hydrogen (secondary N) is 1. The van der Waals surface area contributed by atoms with E-state index in [4.69, 9.17) is 16.1 Å². The first kappa shape index (κ1) is 18.7. The number of carbonyl (C=O) groups is 1. The largest absolute Gasteiger partial charge is 0.417 e. The maximum Gasteiger partial charge on any atom is 0.417 e. The van der Waals surface area contributed by atoms with Crippen molar-refractivity contribution in [1.29, 1.82) is 0 Å². The van der Waals surface area contributed by atoms with E-state index in [1.807, 2.05) is 11.0 Å². The molecule has 140 valence electrons. The number of nitrogens with zero attached hydrogens (tertiary/aromatic N) is 2. The van der Waals surface area contributed by atoms with Crippen LogP contribution in [0.4, 0.5) is 18.9 Å². The number of halogens is 4. The van der Waals surface area contributed by atoms with Gasteiger partial charge < -0.3 is 9.84 Å². The van der Waals surface area contributed by atoms with Gasteiger partial charge in [-0.25, -0.2) is 0 Å². The SMILES string of the molecule is Cc1cc([C@@H]2CCCN2CC(=O)Nc2ccc(Cl)c(C(F)(F)F)c2)no1. The van der Waals surface area contributed by atoms with E-state index in [0.717, 1.165) is 30.7 Å². The lowest BCUT2D eigenvalue weighted by atomic mass is 10.1. The molecule has 1 aromatic heterocycles. The van der Waals surface area contributed by atoms with E-state index in [2.05, 4.69) is 10.5 Å². The van der Waals surface area contributed by atoms with Gasteiger partial charge in [-0.1, -0.05) is 16.8 Å². The van der Waals surface area contributed by atoms with Gasteiger partial charge in [-0.05, 0) is 44.5 Å². The maximum atomic E-state index is 12.9. The minimum Gasteiger partial charge on any atom is -0.361 e. The number of benzene rings is 1. The maximum absolute atomic E-state index is 12.9. The zero-order valence-electron chi connectivity index (χ0n) is 13.9. The van der Waals surface area contributed by atoms with E-state index in [1.54, 1.807) is 6.92 Å². The molecule has 1 atom stereocenters. The molecule has 1 N–H and O–H groups in total. The second kappa shape index (κ2) is 7.28. The number of rotatable bonds is 4. The van der Waals surface area contributed by atoms with Crippen molar-refractivity contribution >= 4 is 23.2 Å². The third-order valence-electron chi connectivity index (χ3n) is 4.25. The molecule has 1 fully saturated rings. The van der Waals surface area contributed by atoms with Crippen LogP contribution in [0.3, 0.4) is 0 Å². The van der Waals surface area contributed by atoms with Crippen LogP contribution in [0.1, 0.15) is 35.9 Å². The summed E-state index contributed by atoms with van der Waals surface area (Å²) in [4.78, 5) is 14.2. The molecule has 5 nitrogen and oxygen atoms in total. The Bertz CT molecular complexity index is 807. The van der Waals surface area contributed by atoms with Gasteiger partial charge in [0.25, 0.3) is 0 Å². The van der Waals surface area contributed by atoms with Crippen LogP contribution in [0.5, 0.6) is 0 Å². The highest BCUT2D eigenvalue weighted by atomic mass is 35.5. The number of aryl methyl sites for hydroxylation is 1. The first-order chi connectivity index (χ1) is 12.2. The van der Waals surface area contributed by atoms with Crippen LogP contribution in [0.2, 0.25) is 5.02 Å². The topological polar surface area (TPSA) is 58.4 Å². The van der Waals surface area contributed by atoms with E-state index >= 15 is 0 Å². The lowest BCUT2D eigenvalue weighted by molar-refractivity contribution is -0.137. The zero-order valence-corrected chi connectivity index (χ0v) is 14.7. The molecule has 1 aliphatic rings. The predicted octanol–water partition coefficient (Wildman–Crippen LogP) is 4.43. The molecule has 0 unspecified atom stereocenters. The Labute approximate surface area is 153 Å². The summed E-state index contributed by atoms with van der Waals surface area (Å²) in [5.41, 5.74) is -0.160. The molecule has 9 heteroatoms. The fraction of sp³-hybridized carbons (Fsp3) is 0.412. The molecule has 2 aromatic rings. The fourth-order valence-corrected chi connectivity index (χ4v) is 3.32. The minimum atomic E-state index is -4.58. The van der Waals surface area contributed by atoms with Crippen molar-refractivity contribution in [1.82, 2.24) is 10.1 Å². The number of anilines is 1. The van der Waals surface area contributed by atoms with Gasteiger partial charge in [0.15, 0.2) is 0 Å². The zero-order chi connectivity index (χ0) is 18.9. The number of alkyl halides is 3. The van der Waals surface area contributed by atoms with Crippen LogP contribution in [-0.4, -0.2) is 29.1 Å². The third kappa shape index (κ3) is 4.19. The van der Waals surface area contributed by atoms with Crippen molar-refractivity contribution in [3.63, 3.8) is 0 Å². The van der Waals surface area contributed by atoms with Crippen molar-refractivity contribution in [3.8, 4) is 0 Å². The van der Waals surface area contributed by atoms with Crippen molar-refractivity contribution in [2.45, 2.75) is 32.0 Å². The molecule has 0 bridgehead atoms. The summed E-state index contributed by atoms with van der Waals surface area (Å²) in [6.45, 7) is 2.56. The highest BCUT2D eigenvalue weighted by molar-refractivity contribution is 6.31. The average Bonchev–Trinajstić information content (AvgIpc) is 3.16. The van der Waals surface area contributed by atoms with E-state index in [0.29, 0.717) is 12.3 Å². The predicted molar refractivity (Wildman–Crippen MR) is 89.9 cm³/mol. The van der Waals surface area contributed by atoms with E-state index < -0.39 is 22.7 Å². The van der Waals surface area contributed by atoms with Gasteiger partial charge in [0, 0.05) is 11.8 Å².